The van der Waals surface area contributed by atoms with Crippen molar-refractivity contribution in [2.75, 3.05) is 7.05 Å². The summed E-state index contributed by atoms with van der Waals surface area (Å²) < 4.78 is 1.85. The predicted octanol–water partition coefficient (Wildman–Crippen LogP) is 1.85. The van der Waals surface area contributed by atoms with Gasteiger partial charge in [-0.3, -0.25) is 4.68 Å². The van der Waals surface area contributed by atoms with E-state index in [1.54, 1.807) is 11.3 Å². The molecule has 0 aliphatic heterocycles. The standard InChI is InChI=1S/C12H17N3S/c1-13-12(7-10-4-6-16-9-10)8-11-3-5-15(2)14-11/h3-6,9,12-13H,7-8H2,1-2H3. The normalized spacial score (nSPS) is 12.9. The molecule has 2 aromatic rings. The molecule has 4 heteroatoms. The molecule has 1 N–H and O–H groups in total. The van der Waals surface area contributed by atoms with Crippen LogP contribution in [0.15, 0.2) is 29.1 Å². The molecule has 0 radical (unpaired) electrons. The molecule has 1 unspecified atom stereocenters. The highest BCUT2D eigenvalue weighted by molar-refractivity contribution is 7.07. The van der Waals surface area contributed by atoms with Crippen molar-refractivity contribution in [1.82, 2.24) is 15.1 Å². The Morgan fingerprint density at radius 1 is 1.44 bits per heavy atom. The predicted molar refractivity (Wildman–Crippen MR) is 67.8 cm³/mol. The number of hydrogen-bond acceptors (Lipinski definition) is 3. The molecule has 0 spiro atoms. The first-order valence-corrected chi connectivity index (χ1v) is 6.39. The van der Waals surface area contributed by atoms with E-state index in [0.29, 0.717) is 6.04 Å². The zero-order valence-electron chi connectivity index (χ0n) is 9.68. The molecule has 0 aliphatic rings. The van der Waals surface area contributed by atoms with E-state index in [1.807, 2.05) is 25.0 Å². The first-order valence-electron chi connectivity index (χ1n) is 5.45. The maximum atomic E-state index is 4.41. The Morgan fingerprint density at radius 2 is 2.31 bits per heavy atom. The van der Waals surface area contributed by atoms with Crippen LogP contribution in [-0.2, 0) is 19.9 Å². The molecule has 86 valence electrons. The number of thiophene rings is 1. The lowest BCUT2D eigenvalue weighted by atomic mass is 10.0. The van der Waals surface area contributed by atoms with Crippen LogP contribution >= 0.6 is 11.3 Å². The third-order valence-corrected chi connectivity index (χ3v) is 3.43. The van der Waals surface area contributed by atoms with Crippen molar-refractivity contribution in [1.29, 1.82) is 0 Å². The molecule has 1 atom stereocenters. The van der Waals surface area contributed by atoms with Crippen LogP contribution in [0, 0.1) is 0 Å². The van der Waals surface area contributed by atoms with E-state index >= 15 is 0 Å². The molecule has 0 aliphatic carbocycles. The lowest BCUT2D eigenvalue weighted by Crippen LogP contribution is -2.29. The fraction of sp³-hybridized carbons (Fsp3) is 0.417. The second-order valence-electron chi connectivity index (χ2n) is 4.01. The van der Waals surface area contributed by atoms with Gasteiger partial charge in [-0.15, -0.1) is 0 Å². The summed E-state index contributed by atoms with van der Waals surface area (Å²) in [6, 6.07) is 4.73. The average Bonchev–Trinajstić information content (AvgIpc) is 2.89. The topological polar surface area (TPSA) is 29.9 Å². The fourth-order valence-corrected chi connectivity index (χ4v) is 2.48. The summed E-state index contributed by atoms with van der Waals surface area (Å²) in [4.78, 5) is 0. The van der Waals surface area contributed by atoms with Crippen molar-refractivity contribution in [3.8, 4) is 0 Å². The summed E-state index contributed by atoms with van der Waals surface area (Å²) in [6.07, 6.45) is 4.04. The van der Waals surface area contributed by atoms with Crippen LogP contribution in [-0.4, -0.2) is 22.9 Å². The lowest BCUT2D eigenvalue weighted by Gasteiger charge is -2.13. The van der Waals surface area contributed by atoms with Crippen molar-refractivity contribution in [3.63, 3.8) is 0 Å². The van der Waals surface area contributed by atoms with E-state index in [9.17, 15) is 0 Å². The van der Waals surface area contributed by atoms with Gasteiger partial charge in [-0.1, -0.05) is 0 Å². The van der Waals surface area contributed by atoms with E-state index in [4.69, 9.17) is 0 Å². The Hall–Kier alpha value is -1.13. The van der Waals surface area contributed by atoms with Gasteiger partial charge in [0.25, 0.3) is 0 Å². The van der Waals surface area contributed by atoms with Gasteiger partial charge in [-0.25, -0.2) is 0 Å². The molecule has 0 fully saturated rings. The zero-order valence-corrected chi connectivity index (χ0v) is 10.5. The second kappa shape index (κ2) is 5.27. The SMILES string of the molecule is CNC(Cc1ccsc1)Cc1ccn(C)n1. The van der Waals surface area contributed by atoms with Crippen LogP contribution in [0.5, 0.6) is 0 Å². The monoisotopic (exact) mass is 235 g/mol. The summed E-state index contributed by atoms with van der Waals surface area (Å²) in [5.74, 6) is 0. The van der Waals surface area contributed by atoms with Crippen LogP contribution in [0.3, 0.4) is 0 Å². The van der Waals surface area contributed by atoms with Crippen LogP contribution in [0.25, 0.3) is 0 Å². The Balaban J connectivity index is 1.95. The third-order valence-electron chi connectivity index (χ3n) is 2.69. The molecular formula is C12H17N3S. The van der Waals surface area contributed by atoms with Gasteiger partial charge < -0.3 is 5.32 Å². The maximum absolute atomic E-state index is 4.41. The van der Waals surface area contributed by atoms with E-state index < -0.39 is 0 Å². The fourth-order valence-electron chi connectivity index (χ4n) is 1.79. The molecule has 2 heterocycles. The average molecular weight is 235 g/mol. The largest absolute Gasteiger partial charge is 0.316 e. The van der Waals surface area contributed by atoms with Gasteiger partial charge in [0.15, 0.2) is 0 Å². The molecule has 0 aromatic carbocycles. The molecule has 0 bridgehead atoms. The van der Waals surface area contributed by atoms with Gasteiger partial charge in [0.2, 0.25) is 0 Å². The lowest BCUT2D eigenvalue weighted by molar-refractivity contribution is 0.546. The summed E-state index contributed by atoms with van der Waals surface area (Å²) >= 11 is 1.75. The van der Waals surface area contributed by atoms with E-state index in [1.165, 1.54) is 5.56 Å². The number of aromatic nitrogens is 2. The first-order chi connectivity index (χ1) is 7.78. The molecule has 0 saturated carbocycles. The minimum Gasteiger partial charge on any atom is -0.316 e. The number of rotatable bonds is 5. The van der Waals surface area contributed by atoms with Gasteiger partial charge in [0.05, 0.1) is 5.69 Å². The minimum atomic E-state index is 0.463. The van der Waals surface area contributed by atoms with Gasteiger partial charge >= 0.3 is 0 Å². The van der Waals surface area contributed by atoms with Crippen molar-refractivity contribution in [2.45, 2.75) is 18.9 Å². The van der Waals surface area contributed by atoms with E-state index in [0.717, 1.165) is 18.5 Å². The second-order valence-corrected chi connectivity index (χ2v) is 4.79. The van der Waals surface area contributed by atoms with Crippen molar-refractivity contribution >= 4 is 11.3 Å². The highest BCUT2D eigenvalue weighted by Crippen LogP contribution is 2.11. The molecule has 2 aromatic heterocycles. The Labute approximate surface area is 100 Å². The molecule has 16 heavy (non-hydrogen) atoms. The number of aryl methyl sites for hydroxylation is 1. The van der Waals surface area contributed by atoms with Gasteiger partial charge in [0, 0.05) is 25.7 Å². The number of nitrogens with zero attached hydrogens (tertiary/aromatic N) is 2. The quantitative estimate of drug-likeness (QED) is 0.857. The summed E-state index contributed by atoms with van der Waals surface area (Å²) in [5, 5.41) is 12.1. The first kappa shape index (κ1) is 11.4. The Morgan fingerprint density at radius 3 is 2.88 bits per heavy atom. The summed E-state index contributed by atoms with van der Waals surface area (Å²) in [6.45, 7) is 0. The van der Waals surface area contributed by atoms with E-state index in [2.05, 4.69) is 33.3 Å². The molecule has 0 saturated heterocycles. The molecule has 3 nitrogen and oxygen atoms in total. The van der Waals surface area contributed by atoms with Crippen molar-refractivity contribution in [3.05, 3.63) is 40.3 Å². The highest BCUT2D eigenvalue weighted by Gasteiger charge is 2.10. The van der Waals surface area contributed by atoms with Gasteiger partial charge in [-0.05, 0) is 41.9 Å². The molecular weight excluding hydrogens is 218 g/mol. The zero-order chi connectivity index (χ0) is 11.4. The molecule has 2 rings (SSSR count). The Bertz CT molecular complexity index is 419. The highest BCUT2D eigenvalue weighted by atomic mass is 32.1. The summed E-state index contributed by atoms with van der Waals surface area (Å²) in [5.41, 5.74) is 2.55. The van der Waals surface area contributed by atoms with E-state index in [-0.39, 0.29) is 0 Å². The van der Waals surface area contributed by atoms with Crippen molar-refractivity contribution < 1.29 is 0 Å². The van der Waals surface area contributed by atoms with Crippen LogP contribution < -0.4 is 5.32 Å². The number of nitrogens with one attached hydrogen (secondary N) is 1. The minimum absolute atomic E-state index is 0.463. The van der Waals surface area contributed by atoms with Gasteiger partial charge in [0.1, 0.15) is 0 Å². The molecule has 0 amide bonds. The maximum Gasteiger partial charge on any atom is 0.0640 e. The third kappa shape index (κ3) is 2.93. The Kier molecular flexibility index (Phi) is 3.74. The van der Waals surface area contributed by atoms with Gasteiger partial charge in [-0.2, -0.15) is 16.4 Å². The van der Waals surface area contributed by atoms with Crippen LogP contribution in [0.2, 0.25) is 0 Å². The summed E-state index contributed by atoms with van der Waals surface area (Å²) in [7, 11) is 3.97. The smallest absolute Gasteiger partial charge is 0.0640 e. The number of likely N-dealkylation sites (N-methyl/N-ethyl adjacent to an activating group) is 1. The van der Waals surface area contributed by atoms with Crippen LogP contribution in [0.4, 0.5) is 0 Å². The van der Waals surface area contributed by atoms with Crippen LogP contribution in [0.1, 0.15) is 11.3 Å². The van der Waals surface area contributed by atoms with Crippen molar-refractivity contribution in [2.24, 2.45) is 7.05 Å². The number of hydrogen-bond donors (Lipinski definition) is 1.